The van der Waals surface area contributed by atoms with Crippen LogP contribution < -0.4 is 11.8 Å². The van der Waals surface area contributed by atoms with Gasteiger partial charge in [0.05, 0.1) is 0 Å². The zero-order valence-electron chi connectivity index (χ0n) is 5.94. The van der Waals surface area contributed by atoms with E-state index < -0.39 is 20.8 Å². The molecule has 0 saturated heterocycles. The summed E-state index contributed by atoms with van der Waals surface area (Å²) in [6, 6.07) is 0. The van der Waals surface area contributed by atoms with Gasteiger partial charge in [-0.05, 0) is 0 Å². The van der Waals surface area contributed by atoms with Crippen molar-refractivity contribution >= 4 is 58.5 Å². The minimum Gasteiger partial charge on any atom is -0.724 e. The van der Waals surface area contributed by atoms with Crippen LogP contribution >= 0.6 is 0 Å². The van der Waals surface area contributed by atoms with Crippen LogP contribution in [-0.2, 0) is 29.4 Å². The fourth-order valence-corrected chi connectivity index (χ4v) is 0. The van der Waals surface area contributed by atoms with Crippen LogP contribution in [0.1, 0.15) is 0 Å². The van der Waals surface area contributed by atoms with E-state index in [-0.39, 0.29) is 37.7 Å². The van der Waals surface area contributed by atoms with Crippen LogP contribution in [0.15, 0.2) is 0 Å². The van der Waals surface area contributed by atoms with E-state index in [2.05, 4.69) is 20.4 Å². The summed E-state index contributed by atoms with van der Waals surface area (Å²) < 4.78 is 60.3. The molecule has 0 aromatic rings. The van der Waals surface area contributed by atoms with Crippen molar-refractivity contribution in [2.45, 2.75) is 0 Å². The summed E-state index contributed by atoms with van der Waals surface area (Å²) >= 11 is 0. The average molecular weight is 264 g/mol. The normalized spacial score (nSPS) is 10.8. The fourth-order valence-electron chi connectivity index (χ4n) is 0. The second kappa shape index (κ2) is 8.25. The van der Waals surface area contributed by atoms with Gasteiger partial charge in [0.15, 0.2) is 0 Å². The molecule has 0 bridgehead atoms. The van der Waals surface area contributed by atoms with Crippen molar-refractivity contribution in [3.05, 3.63) is 0 Å². The van der Waals surface area contributed by atoms with E-state index >= 15 is 0 Å². The van der Waals surface area contributed by atoms with Gasteiger partial charge in [-0.2, -0.15) is 20.4 Å². The molecule has 0 spiro atoms. The van der Waals surface area contributed by atoms with Gasteiger partial charge < -0.3 is 9.11 Å². The first-order chi connectivity index (χ1) is 5.12. The SMILES string of the molecule is NOS(=O)(=O)[O-].NOS(=O)(=O)[O-].[Ca+2]. The Morgan fingerprint density at radius 1 is 0.846 bits per heavy atom. The molecule has 0 heterocycles. The molecule has 0 amide bonds. The van der Waals surface area contributed by atoms with E-state index in [4.69, 9.17) is 25.9 Å². The van der Waals surface area contributed by atoms with Crippen LogP contribution in [0.3, 0.4) is 0 Å². The van der Waals surface area contributed by atoms with E-state index in [1.54, 1.807) is 0 Å². The second-order valence-corrected chi connectivity index (χ2v) is 3.03. The Hall–Kier alpha value is 0.920. The van der Waals surface area contributed by atoms with Crippen molar-refractivity contribution in [3.8, 4) is 0 Å². The van der Waals surface area contributed by atoms with Gasteiger partial charge in [-0.25, -0.2) is 16.8 Å². The number of rotatable bonds is 2. The molecule has 0 radical (unpaired) electrons. The standard InChI is InChI=1S/Ca.2H3NO4S/c;2*1-5-6(2,3)4/h;2*1H2,(H,2,3,4)/q+2;;/p-2. The predicted octanol–water partition coefficient (Wildman–Crippen LogP) is -3.71. The van der Waals surface area contributed by atoms with Gasteiger partial charge in [-0.1, -0.05) is 0 Å². The molecule has 0 rings (SSSR count). The number of hydrogen-bond donors (Lipinski definition) is 2. The third kappa shape index (κ3) is 32.2. The van der Waals surface area contributed by atoms with Crippen LogP contribution in [0.5, 0.6) is 0 Å². The molecule has 0 aliphatic carbocycles. The molecule has 0 aliphatic rings. The van der Waals surface area contributed by atoms with E-state index in [1.807, 2.05) is 0 Å². The molecular weight excluding hydrogens is 260 g/mol. The molecule has 4 N–H and O–H groups in total. The van der Waals surface area contributed by atoms with Crippen molar-refractivity contribution < 1.29 is 34.5 Å². The van der Waals surface area contributed by atoms with E-state index in [0.29, 0.717) is 0 Å². The molecule has 0 aliphatic heterocycles. The predicted molar refractivity (Wildman–Crippen MR) is 35.7 cm³/mol. The first-order valence-corrected chi connectivity index (χ1v) is 4.47. The Labute approximate surface area is 104 Å². The Bertz CT molecular complexity index is 256. The van der Waals surface area contributed by atoms with Crippen LogP contribution in [0.25, 0.3) is 0 Å². The third-order valence-corrected chi connectivity index (χ3v) is 0.707. The maximum atomic E-state index is 9.10. The molecule has 13 heteroatoms. The molecule has 10 nitrogen and oxygen atoms in total. The maximum absolute atomic E-state index is 9.10. The van der Waals surface area contributed by atoms with Crippen LogP contribution in [-0.4, -0.2) is 63.7 Å². The van der Waals surface area contributed by atoms with Gasteiger partial charge in [0.1, 0.15) is 0 Å². The molecule has 0 aromatic carbocycles. The Morgan fingerprint density at radius 3 is 0.923 bits per heavy atom. The van der Waals surface area contributed by atoms with E-state index in [0.717, 1.165) is 0 Å². The Balaban J connectivity index is -0.000000143. The molecule has 0 aromatic heterocycles. The average Bonchev–Trinajstić information content (AvgIpc) is 1.86. The molecule has 13 heavy (non-hydrogen) atoms. The van der Waals surface area contributed by atoms with E-state index in [9.17, 15) is 0 Å². The quantitative estimate of drug-likeness (QED) is 0.217. The zero-order chi connectivity index (χ0) is 10.4. The van der Waals surface area contributed by atoms with Gasteiger partial charge in [0.25, 0.3) is 0 Å². The van der Waals surface area contributed by atoms with Gasteiger partial charge in [0, 0.05) is 0 Å². The molecule has 0 saturated carbocycles. The summed E-state index contributed by atoms with van der Waals surface area (Å²) in [5.41, 5.74) is 0. The summed E-state index contributed by atoms with van der Waals surface area (Å²) in [6.07, 6.45) is 0. The summed E-state index contributed by atoms with van der Waals surface area (Å²) in [7, 11) is -9.27. The topological polar surface area (TPSA) is 185 Å². The molecular formula is H4CaN2O8S2. The van der Waals surface area contributed by atoms with Crippen molar-refractivity contribution in [1.82, 2.24) is 0 Å². The molecule has 0 unspecified atom stereocenters. The first-order valence-electron chi connectivity index (χ1n) is 1.80. The van der Waals surface area contributed by atoms with Crippen LogP contribution in [0, 0.1) is 0 Å². The van der Waals surface area contributed by atoms with Gasteiger partial charge >= 0.3 is 37.7 Å². The molecule has 0 fully saturated rings. The zero-order valence-corrected chi connectivity index (χ0v) is 9.79. The minimum absolute atomic E-state index is 0. The second-order valence-electron chi connectivity index (χ2n) is 1.01. The molecule has 0 atom stereocenters. The van der Waals surface area contributed by atoms with E-state index in [1.165, 1.54) is 0 Å². The smallest absolute Gasteiger partial charge is 0.724 e. The van der Waals surface area contributed by atoms with Crippen LogP contribution in [0.4, 0.5) is 0 Å². The minimum atomic E-state index is -4.63. The van der Waals surface area contributed by atoms with Crippen molar-refractivity contribution in [2.75, 3.05) is 0 Å². The summed E-state index contributed by atoms with van der Waals surface area (Å²) in [6.45, 7) is 0. The Morgan fingerprint density at radius 2 is 0.923 bits per heavy atom. The number of nitrogens with two attached hydrogens (primary N) is 2. The van der Waals surface area contributed by atoms with Gasteiger partial charge in [0.2, 0.25) is 20.8 Å². The van der Waals surface area contributed by atoms with Gasteiger partial charge in [-0.3, -0.25) is 0 Å². The Kier molecular flexibility index (Phi) is 12.4. The summed E-state index contributed by atoms with van der Waals surface area (Å²) in [5, 5.41) is 0. The maximum Gasteiger partial charge on any atom is 2.00 e. The van der Waals surface area contributed by atoms with Crippen molar-refractivity contribution in [3.63, 3.8) is 0 Å². The summed E-state index contributed by atoms with van der Waals surface area (Å²) in [4.78, 5) is 0. The number of hydrogen-bond acceptors (Lipinski definition) is 10. The molecule has 76 valence electrons. The first kappa shape index (κ1) is 19.5. The van der Waals surface area contributed by atoms with Crippen LogP contribution in [0.2, 0.25) is 0 Å². The monoisotopic (exact) mass is 264 g/mol. The van der Waals surface area contributed by atoms with Gasteiger partial charge in [-0.15, -0.1) is 0 Å². The van der Waals surface area contributed by atoms with Crippen molar-refractivity contribution in [2.24, 2.45) is 11.8 Å². The largest absolute Gasteiger partial charge is 2.00 e. The van der Waals surface area contributed by atoms with Crippen molar-refractivity contribution in [1.29, 1.82) is 0 Å². The summed E-state index contributed by atoms with van der Waals surface area (Å²) in [5.74, 6) is 7.81. The third-order valence-electron chi connectivity index (χ3n) is 0.236. The fraction of sp³-hybridized carbons (Fsp3) is 0.